The molecule has 0 N–H and O–H groups in total. The van der Waals surface area contributed by atoms with Crippen LogP contribution in [0.25, 0.3) is 0 Å². The van der Waals surface area contributed by atoms with E-state index in [9.17, 15) is 4.79 Å². The van der Waals surface area contributed by atoms with Gasteiger partial charge in [0.1, 0.15) is 0 Å². The van der Waals surface area contributed by atoms with E-state index in [2.05, 4.69) is 9.97 Å². The quantitative estimate of drug-likeness (QED) is 0.861. The SMILES string of the molecule is COc1ccnc(N2CCN(C(=O)c3ccc(Cl)cc3)CC2)n1. The van der Waals surface area contributed by atoms with Crippen molar-refractivity contribution in [3.8, 4) is 5.88 Å². The van der Waals surface area contributed by atoms with E-state index in [0.717, 1.165) is 0 Å². The first kappa shape index (κ1) is 15.6. The lowest BCUT2D eigenvalue weighted by Gasteiger charge is -2.34. The van der Waals surface area contributed by atoms with Gasteiger partial charge in [0.15, 0.2) is 0 Å². The average Bonchev–Trinajstić information content (AvgIpc) is 2.62. The molecule has 1 saturated heterocycles. The van der Waals surface area contributed by atoms with Gasteiger partial charge in [0.25, 0.3) is 5.91 Å². The topological polar surface area (TPSA) is 58.6 Å². The molecule has 0 radical (unpaired) electrons. The summed E-state index contributed by atoms with van der Waals surface area (Å²) in [6.07, 6.45) is 1.67. The summed E-state index contributed by atoms with van der Waals surface area (Å²) in [7, 11) is 1.58. The van der Waals surface area contributed by atoms with E-state index in [-0.39, 0.29) is 5.91 Å². The molecule has 1 aromatic heterocycles. The van der Waals surface area contributed by atoms with E-state index in [0.29, 0.717) is 48.6 Å². The zero-order chi connectivity index (χ0) is 16.2. The van der Waals surface area contributed by atoms with Crippen molar-refractivity contribution in [1.82, 2.24) is 14.9 Å². The Kier molecular flexibility index (Phi) is 4.62. The van der Waals surface area contributed by atoms with Crippen molar-refractivity contribution < 1.29 is 9.53 Å². The number of halogens is 1. The number of carbonyl (C=O) groups is 1. The highest BCUT2D eigenvalue weighted by molar-refractivity contribution is 6.30. The third-order valence-corrected chi connectivity index (χ3v) is 4.02. The molecule has 1 aromatic carbocycles. The first-order valence-corrected chi connectivity index (χ1v) is 7.72. The molecule has 1 aliphatic rings. The summed E-state index contributed by atoms with van der Waals surface area (Å²) in [6.45, 7) is 2.63. The van der Waals surface area contributed by atoms with E-state index in [1.807, 2.05) is 9.80 Å². The van der Waals surface area contributed by atoms with Crippen molar-refractivity contribution in [2.75, 3.05) is 38.2 Å². The third kappa shape index (κ3) is 3.53. The number of carbonyl (C=O) groups excluding carboxylic acids is 1. The number of amides is 1. The van der Waals surface area contributed by atoms with Gasteiger partial charge in [-0.2, -0.15) is 4.98 Å². The van der Waals surface area contributed by atoms with Crippen LogP contribution < -0.4 is 9.64 Å². The predicted molar refractivity (Wildman–Crippen MR) is 88.2 cm³/mol. The fraction of sp³-hybridized carbons (Fsp3) is 0.312. The van der Waals surface area contributed by atoms with Crippen LogP contribution in [0.5, 0.6) is 5.88 Å². The smallest absolute Gasteiger partial charge is 0.253 e. The van der Waals surface area contributed by atoms with Crippen molar-refractivity contribution in [1.29, 1.82) is 0 Å². The third-order valence-electron chi connectivity index (χ3n) is 3.77. The predicted octanol–water partition coefficient (Wildman–Crippen LogP) is 2.10. The molecule has 23 heavy (non-hydrogen) atoms. The molecule has 1 amide bonds. The highest BCUT2D eigenvalue weighted by atomic mass is 35.5. The van der Waals surface area contributed by atoms with Crippen LogP contribution in [-0.2, 0) is 0 Å². The van der Waals surface area contributed by atoms with Gasteiger partial charge in [0, 0.05) is 49.0 Å². The first-order chi connectivity index (χ1) is 11.2. The number of aromatic nitrogens is 2. The summed E-state index contributed by atoms with van der Waals surface area (Å²) < 4.78 is 5.12. The van der Waals surface area contributed by atoms with Gasteiger partial charge in [0.05, 0.1) is 7.11 Å². The number of benzene rings is 1. The number of anilines is 1. The minimum Gasteiger partial charge on any atom is -0.481 e. The minimum atomic E-state index is 0.0212. The molecule has 1 fully saturated rings. The van der Waals surface area contributed by atoms with Crippen LogP contribution in [-0.4, -0.2) is 54.1 Å². The fourth-order valence-electron chi connectivity index (χ4n) is 2.48. The van der Waals surface area contributed by atoms with Crippen molar-refractivity contribution in [2.24, 2.45) is 0 Å². The zero-order valence-corrected chi connectivity index (χ0v) is 13.5. The largest absolute Gasteiger partial charge is 0.481 e. The summed E-state index contributed by atoms with van der Waals surface area (Å²) in [4.78, 5) is 24.9. The molecule has 6 nitrogen and oxygen atoms in total. The number of ether oxygens (including phenoxy) is 1. The average molecular weight is 333 g/mol. The molecule has 3 rings (SSSR count). The number of hydrogen-bond donors (Lipinski definition) is 0. The monoisotopic (exact) mass is 332 g/mol. The molecule has 0 aliphatic carbocycles. The normalized spacial score (nSPS) is 14.7. The molecule has 0 saturated carbocycles. The Morgan fingerprint density at radius 2 is 1.83 bits per heavy atom. The van der Waals surface area contributed by atoms with Gasteiger partial charge in [-0.15, -0.1) is 0 Å². The van der Waals surface area contributed by atoms with Gasteiger partial charge in [0.2, 0.25) is 11.8 Å². The molecule has 7 heteroatoms. The lowest BCUT2D eigenvalue weighted by Crippen LogP contribution is -2.49. The Labute approximate surface area is 139 Å². The molecule has 0 unspecified atom stereocenters. The maximum Gasteiger partial charge on any atom is 0.253 e. The van der Waals surface area contributed by atoms with Gasteiger partial charge in [-0.3, -0.25) is 4.79 Å². The van der Waals surface area contributed by atoms with E-state index in [4.69, 9.17) is 16.3 Å². The summed E-state index contributed by atoms with van der Waals surface area (Å²) in [5, 5.41) is 0.626. The highest BCUT2D eigenvalue weighted by Gasteiger charge is 2.23. The molecule has 2 heterocycles. The van der Waals surface area contributed by atoms with Gasteiger partial charge in [-0.05, 0) is 24.3 Å². The van der Waals surface area contributed by atoms with Crippen molar-refractivity contribution >= 4 is 23.5 Å². The van der Waals surface area contributed by atoms with Crippen molar-refractivity contribution in [3.63, 3.8) is 0 Å². The van der Waals surface area contributed by atoms with E-state index in [1.54, 1.807) is 43.6 Å². The number of rotatable bonds is 3. The van der Waals surface area contributed by atoms with Gasteiger partial charge < -0.3 is 14.5 Å². The van der Waals surface area contributed by atoms with Crippen molar-refractivity contribution in [3.05, 3.63) is 47.1 Å². The van der Waals surface area contributed by atoms with Crippen LogP contribution in [0.2, 0.25) is 5.02 Å². The minimum absolute atomic E-state index is 0.0212. The summed E-state index contributed by atoms with van der Waals surface area (Å²) >= 11 is 5.86. The zero-order valence-electron chi connectivity index (χ0n) is 12.8. The molecular weight excluding hydrogens is 316 g/mol. The number of nitrogens with zero attached hydrogens (tertiary/aromatic N) is 4. The van der Waals surface area contributed by atoms with Crippen LogP contribution in [0.3, 0.4) is 0 Å². The first-order valence-electron chi connectivity index (χ1n) is 7.34. The summed E-state index contributed by atoms with van der Waals surface area (Å²) in [6, 6.07) is 8.68. The van der Waals surface area contributed by atoms with Gasteiger partial charge in [-0.1, -0.05) is 11.6 Å². The molecule has 0 bridgehead atoms. The Bertz CT molecular complexity index is 685. The Morgan fingerprint density at radius 3 is 2.48 bits per heavy atom. The molecule has 120 valence electrons. The molecular formula is C16H17ClN4O2. The van der Waals surface area contributed by atoms with Crippen LogP contribution in [0.4, 0.5) is 5.95 Å². The Hall–Kier alpha value is -2.34. The summed E-state index contributed by atoms with van der Waals surface area (Å²) in [5.41, 5.74) is 0.653. The second-order valence-corrected chi connectivity index (χ2v) is 5.62. The number of methoxy groups -OCH3 is 1. The lowest BCUT2D eigenvalue weighted by molar-refractivity contribution is 0.0746. The van der Waals surface area contributed by atoms with E-state index in [1.165, 1.54) is 0 Å². The van der Waals surface area contributed by atoms with Crippen molar-refractivity contribution in [2.45, 2.75) is 0 Å². The van der Waals surface area contributed by atoms with Gasteiger partial charge >= 0.3 is 0 Å². The van der Waals surface area contributed by atoms with Gasteiger partial charge in [-0.25, -0.2) is 4.98 Å². The van der Waals surface area contributed by atoms with Crippen LogP contribution >= 0.6 is 11.6 Å². The molecule has 2 aromatic rings. The van der Waals surface area contributed by atoms with Crippen LogP contribution in [0, 0.1) is 0 Å². The highest BCUT2D eigenvalue weighted by Crippen LogP contribution is 2.16. The lowest BCUT2D eigenvalue weighted by atomic mass is 10.2. The Morgan fingerprint density at radius 1 is 1.13 bits per heavy atom. The number of piperazine rings is 1. The maximum atomic E-state index is 12.5. The molecule has 0 atom stereocenters. The molecule has 1 aliphatic heterocycles. The number of hydrogen-bond acceptors (Lipinski definition) is 5. The molecule has 0 spiro atoms. The fourth-order valence-corrected chi connectivity index (χ4v) is 2.61. The standard InChI is InChI=1S/C16H17ClN4O2/c1-23-14-6-7-18-16(19-14)21-10-8-20(9-11-21)15(22)12-2-4-13(17)5-3-12/h2-7H,8-11H2,1H3. The van der Waals surface area contributed by atoms with Crippen LogP contribution in [0.1, 0.15) is 10.4 Å². The van der Waals surface area contributed by atoms with Crippen LogP contribution in [0.15, 0.2) is 36.5 Å². The summed E-state index contributed by atoms with van der Waals surface area (Å²) in [5.74, 6) is 1.19. The van der Waals surface area contributed by atoms with E-state index >= 15 is 0 Å². The maximum absolute atomic E-state index is 12.5. The Balaban J connectivity index is 1.63. The second kappa shape index (κ2) is 6.83. The second-order valence-electron chi connectivity index (χ2n) is 5.19. The van der Waals surface area contributed by atoms with E-state index < -0.39 is 0 Å².